The van der Waals surface area contributed by atoms with E-state index in [4.69, 9.17) is 4.42 Å². The number of rotatable bonds is 5. The molecule has 1 aliphatic carbocycles. The highest BCUT2D eigenvalue weighted by molar-refractivity contribution is 9.11. The molecular weight excluding hydrogens is 382 g/mol. The maximum Gasteiger partial charge on any atom is 0.148 e. The monoisotopic (exact) mass is 399 g/mol. The largest absolute Gasteiger partial charge is 0.458 e. The Labute approximate surface area is 136 Å². The van der Waals surface area contributed by atoms with Crippen LogP contribution in [0, 0.1) is 5.92 Å². The molecule has 1 aromatic carbocycles. The Bertz CT molecular complexity index is 629. The van der Waals surface area contributed by atoms with Gasteiger partial charge in [0, 0.05) is 21.5 Å². The van der Waals surface area contributed by atoms with Crippen molar-refractivity contribution in [3.8, 4) is 0 Å². The lowest BCUT2D eigenvalue weighted by Crippen LogP contribution is -2.16. The van der Waals surface area contributed by atoms with E-state index in [0.717, 1.165) is 33.3 Å². The molecule has 1 saturated carbocycles. The molecule has 1 aliphatic rings. The predicted molar refractivity (Wildman–Crippen MR) is 90.0 cm³/mol. The average Bonchev–Trinajstić information content (AvgIpc) is 3.12. The Balaban J connectivity index is 2.03. The minimum atomic E-state index is 0.619. The van der Waals surface area contributed by atoms with Gasteiger partial charge < -0.3 is 9.73 Å². The minimum absolute atomic E-state index is 0.619. The number of benzene rings is 1. The molecule has 1 aromatic heterocycles. The summed E-state index contributed by atoms with van der Waals surface area (Å²) in [5.74, 6) is 1.72. The first-order valence-corrected chi connectivity index (χ1v) is 8.76. The van der Waals surface area contributed by atoms with Crippen molar-refractivity contribution < 1.29 is 4.42 Å². The summed E-state index contributed by atoms with van der Waals surface area (Å²) < 4.78 is 8.24. The summed E-state index contributed by atoms with van der Waals surface area (Å²) in [6.45, 7) is 5.35. The maximum atomic E-state index is 6.13. The summed E-state index contributed by atoms with van der Waals surface area (Å²) in [4.78, 5) is 0. The van der Waals surface area contributed by atoms with Gasteiger partial charge in [-0.2, -0.15) is 0 Å². The van der Waals surface area contributed by atoms with Crippen LogP contribution < -0.4 is 5.32 Å². The first-order chi connectivity index (χ1) is 9.54. The number of furan rings is 1. The number of hydrogen-bond donors (Lipinski definition) is 1. The van der Waals surface area contributed by atoms with Crippen LogP contribution in [-0.4, -0.2) is 6.04 Å². The lowest BCUT2D eigenvalue weighted by atomic mass is 10.00. The second-order valence-corrected chi connectivity index (χ2v) is 7.79. The summed E-state index contributed by atoms with van der Waals surface area (Å²) in [5.41, 5.74) is 2.32. The first kappa shape index (κ1) is 14.6. The predicted octanol–water partition coefficient (Wildman–Crippen LogP) is 5.41. The molecule has 0 atom stereocenters. The summed E-state index contributed by atoms with van der Waals surface area (Å²) in [6, 6.07) is 4.91. The summed E-state index contributed by atoms with van der Waals surface area (Å²) in [6.07, 6.45) is 3.65. The lowest BCUT2D eigenvalue weighted by molar-refractivity contribution is 0.499. The first-order valence-electron chi connectivity index (χ1n) is 7.17. The second kappa shape index (κ2) is 5.82. The fraction of sp³-hybridized carbons (Fsp3) is 0.500. The van der Waals surface area contributed by atoms with Crippen molar-refractivity contribution in [1.29, 1.82) is 0 Å². The molecule has 4 heteroatoms. The van der Waals surface area contributed by atoms with Gasteiger partial charge in [-0.05, 0) is 53.2 Å². The SMILES string of the molecule is CC(C)Cc1c(CNC2CC2)oc2c(Br)cc(Br)cc12. The molecule has 0 unspecified atom stereocenters. The molecule has 1 N–H and O–H groups in total. The van der Waals surface area contributed by atoms with Gasteiger partial charge in [0.05, 0.1) is 11.0 Å². The van der Waals surface area contributed by atoms with Gasteiger partial charge >= 0.3 is 0 Å². The smallest absolute Gasteiger partial charge is 0.148 e. The molecule has 0 bridgehead atoms. The zero-order valence-electron chi connectivity index (χ0n) is 11.8. The molecule has 0 spiro atoms. The van der Waals surface area contributed by atoms with E-state index < -0.39 is 0 Å². The van der Waals surface area contributed by atoms with Crippen molar-refractivity contribution in [3.63, 3.8) is 0 Å². The van der Waals surface area contributed by atoms with Crippen LogP contribution in [0.1, 0.15) is 38.0 Å². The van der Waals surface area contributed by atoms with E-state index in [-0.39, 0.29) is 0 Å². The highest BCUT2D eigenvalue weighted by Gasteiger charge is 2.23. The normalized spacial score (nSPS) is 15.4. The van der Waals surface area contributed by atoms with Crippen molar-refractivity contribution in [3.05, 3.63) is 32.4 Å². The molecule has 0 amide bonds. The van der Waals surface area contributed by atoms with Gasteiger partial charge in [-0.3, -0.25) is 0 Å². The minimum Gasteiger partial charge on any atom is -0.458 e. The van der Waals surface area contributed by atoms with E-state index >= 15 is 0 Å². The Morgan fingerprint density at radius 2 is 2.05 bits per heavy atom. The third-order valence-electron chi connectivity index (χ3n) is 3.64. The van der Waals surface area contributed by atoms with Gasteiger partial charge in [0.25, 0.3) is 0 Å². The Morgan fingerprint density at radius 1 is 1.30 bits per heavy atom. The Hall–Kier alpha value is -0.320. The number of nitrogens with one attached hydrogen (secondary N) is 1. The molecule has 2 nitrogen and oxygen atoms in total. The van der Waals surface area contributed by atoms with Gasteiger partial charge in [-0.15, -0.1) is 0 Å². The molecule has 1 heterocycles. The van der Waals surface area contributed by atoms with E-state index in [1.807, 2.05) is 6.07 Å². The summed E-state index contributed by atoms with van der Waals surface area (Å²) in [7, 11) is 0. The van der Waals surface area contributed by atoms with Crippen molar-refractivity contribution in [2.75, 3.05) is 0 Å². The molecule has 108 valence electrons. The van der Waals surface area contributed by atoms with Crippen molar-refractivity contribution in [2.45, 2.75) is 45.7 Å². The fourth-order valence-electron chi connectivity index (χ4n) is 2.52. The van der Waals surface area contributed by atoms with E-state index in [1.165, 1.54) is 23.8 Å². The van der Waals surface area contributed by atoms with Crippen molar-refractivity contribution in [1.82, 2.24) is 5.32 Å². The third kappa shape index (κ3) is 3.12. The quantitative estimate of drug-likeness (QED) is 0.725. The van der Waals surface area contributed by atoms with Crippen LogP contribution in [0.2, 0.25) is 0 Å². The van der Waals surface area contributed by atoms with Crippen LogP contribution in [0.3, 0.4) is 0 Å². The molecule has 20 heavy (non-hydrogen) atoms. The molecule has 1 fully saturated rings. The van der Waals surface area contributed by atoms with E-state index in [1.54, 1.807) is 0 Å². The maximum absolute atomic E-state index is 6.13. The molecule has 0 aliphatic heterocycles. The molecule has 3 rings (SSSR count). The molecular formula is C16H19Br2NO. The number of fused-ring (bicyclic) bond motifs is 1. The van der Waals surface area contributed by atoms with Gasteiger partial charge in [0.1, 0.15) is 11.3 Å². The summed E-state index contributed by atoms with van der Waals surface area (Å²) in [5, 5.41) is 4.79. The van der Waals surface area contributed by atoms with Gasteiger partial charge in [0.15, 0.2) is 0 Å². The second-order valence-electron chi connectivity index (χ2n) is 6.02. The third-order valence-corrected chi connectivity index (χ3v) is 4.68. The van der Waals surface area contributed by atoms with Gasteiger partial charge in [-0.1, -0.05) is 29.8 Å². The molecule has 2 aromatic rings. The van der Waals surface area contributed by atoms with Gasteiger partial charge in [0.2, 0.25) is 0 Å². The highest BCUT2D eigenvalue weighted by Crippen LogP contribution is 2.36. The average molecular weight is 401 g/mol. The van der Waals surface area contributed by atoms with Crippen molar-refractivity contribution in [2.24, 2.45) is 5.92 Å². The fourth-order valence-corrected chi connectivity index (χ4v) is 3.83. The van der Waals surface area contributed by atoms with Crippen LogP contribution in [0.5, 0.6) is 0 Å². The number of halogens is 2. The van der Waals surface area contributed by atoms with E-state index in [9.17, 15) is 0 Å². The van der Waals surface area contributed by atoms with Crippen LogP contribution in [0.15, 0.2) is 25.5 Å². The van der Waals surface area contributed by atoms with E-state index in [2.05, 4.69) is 57.1 Å². The van der Waals surface area contributed by atoms with Crippen LogP contribution >= 0.6 is 31.9 Å². The molecule has 0 radical (unpaired) electrons. The zero-order valence-corrected chi connectivity index (χ0v) is 15.0. The van der Waals surface area contributed by atoms with Crippen LogP contribution in [0.4, 0.5) is 0 Å². The Morgan fingerprint density at radius 3 is 2.70 bits per heavy atom. The summed E-state index contributed by atoms with van der Waals surface area (Å²) >= 11 is 7.19. The van der Waals surface area contributed by atoms with Crippen molar-refractivity contribution >= 4 is 42.8 Å². The van der Waals surface area contributed by atoms with E-state index in [0.29, 0.717) is 12.0 Å². The standard InChI is InChI=1S/C16H19Br2NO/c1-9(2)5-12-13-6-10(17)7-14(18)16(13)20-15(12)8-19-11-3-4-11/h6-7,9,11,19H,3-5,8H2,1-2H3. The van der Waals surface area contributed by atoms with Crippen LogP contribution in [-0.2, 0) is 13.0 Å². The number of hydrogen-bond acceptors (Lipinski definition) is 2. The zero-order chi connectivity index (χ0) is 14.3. The van der Waals surface area contributed by atoms with Gasteiger partial charge in [-0.25, -0.2) is 0 Å². The lowest BCUT2D eigenvalue weighted by Gasteiger charge is -2.07. The topological polar surface area (TPSA) is 25.2 Å². The highest BCUT2D eigenvalue weighted by atomic mass is 79.9. The molecule has 0 saturated heterocycles. The van der Waals surface area contributed by atoms with Crippen LogP contribution in [0.25, 0.3) is 11.0 Å². The Kier molecular flexibility index (Phi) is 4.25.